The Kier molecular flexibility index (Phi) is 7.07. The van der Waals surface area contributed by atoms with E-state index in [2.05, 4.69) is 25.0 Å². The van der Waals surface area contributed by atoms with E-state index in [1.807, 2.05) is 35.2 Å². The Balaban J connectivity index is 1.37. The van der Waals surface area contributed by atoms with E-state index in [0.29, 0.717) is 23.8 Å². The van der Waals surface area contributed by atoms with E-state index in [1.54, 1.807) is 18.3 Å². The fourth-order valence-corrected chi connectivity index (χ4v) is 4.01. The van der Waals surface area contributed by atoms with Gasteiger partial charge in [-0.25, -0.2) is 4.98 Å². The molecule has 1 aliphatic heterocycles. The lowest BCUT2D eigenvalue weighted by molar-refractivity contribution is -0.274. The molecular weight excluding hydrogens is 499 g/mol. The molecule has 8 nitrogen and oxygen atoms in total. The van der Waals surface area contributed by atoms with Gasteiger partial charge in [0.25, 0.3) is 5.91 Å². The quantitative estimate of drug-likeness (QED) is 0.350. The predicted octanol–water partition coefficient (Wildman–Crippen LogP) is 4.97. The smallest absolute Gasteiger partial charge is 0.472 e. The summed E-state index contributed by atoms with van der Waals surface area (Å²) in [5.74, 6) is -0.366. The molecule has 0 unspecified atom stereocenters. The van der Waals surface area contributed by atoms with E-state index >= 15 is 0 Å². The van der Waals surface area contributed by atoms with Crippen LogP contribution in [-0.2, 0) is 19.6 Å². The number of ether oxygens (including phenoxy) is 2. The van der Waals surface area contributed by atoms with Gasteiger partial charge in [0.2, 0.25) is 11.8 Å². The molecule has 4 aromatic rings. The Morgan fingerprint density at radius 3 is 2.55 bits per heavy atom. The van der Waals surface area contributed by atoms with Gasteiger partial charge in [0.15, 0.2) is 0 Å². The first-order valence-corrected chi connectivity index (χ1v) is 11.7. The van der Waals surface area contributed by atoms with Crippen LogP contribution >= 0.6 is 0 Å². The van der Waals surface area contributed by atoms with Crippen molar-refractivity contribution in [3.05, 3.63) is 102 Å². The van der Waals surface area contributed by atoms with Crippen LogP contribution in [0.4, 0.5) is 24.8 Å². The molecule has 1 amide bonds. The number of pyridine rings is 1. The maximum absolute atomic E-state index is 13.0. The zero-order chi connectivity index (χ0) is 26.5. The number of anilines is 2. The van der Waals surface area contributed by atoms with E-state index in [4.69, 9.17) is 4.74 Å². The van der Waals surface area contributed by atoms with Crippen molar-refractivity contribution in [2.75, 3.05) is 11.4 Å². The van der Waals surface area contributed by atoms with Crippen molar-refractivity contribution in [1.29, 1.82) is 0 Å². The fraction of sp³-hybridized carbons (Fsp3) is 0.185. The lowest BCUT2D eigenvalue weighted by atomic mass is 10.2. The van der Waals surface area contributed by atoms with Crippen molar-refractivity contribution in [2.45, 2.75) is 25.9 Å². The summed E-state index contributed by atoms with van der Waals surface area (Å²) < 4.78 is 47.2. The molecule has 0 fully saturated rings. The normalized spacial score (nSPS) is 12.7. The van der Waals surface area contributed by atoms with Gasteiger partial charge in [-0.2, -0.15) is 4.98 Å². The second kappa shape index (κ2) is 10.8. The molecular formula is C27H22F3N5O3. The Hall–Kier alpha value is -4.67. The number of aromatic nitrogens is 3. The van der Waals surface area contributed by atoms with Crippen molar-refractivity contribution >= 4 is 17.5 Å². The maximum Gasteiger partial charge on any atom is 0.573 e. The van der Waals surface area contributed by atoms with E-state index in [1.165, 1.54) is 30.5 Å². The third-order valence-corrected chi connectivity index (χ3v) is 5.80. The van der Waals surface area contributed by atoms with Gasteiger partial charge in [-0.3, -0.25) is 9.78 Å². The largest absolute Gasteiger partial charge is 0.573 e. The third-order valence-electron chi connectivity index (χ3n) is 5.80. The number of alkyl halides is 3. The predicted molar refractivity (Wildman–Crippen MR) is 132 cm³/mol. The Labute approximate surface area is 216 Å². The standard InChI is InChI=1S/C27H22F3N5O3/c28-27(29,30)38-21-10-8-18(9-11-21)17-37-25-22(24(36)32-15-20-6-3-4-13-31-20)16-33-26(34-25)35-14-12-19-5-1-2-7-23(19)35/h1-11,13,16H,12,14-15,17H2,(H,32,36). The van der Waals surface area contributed by atoms with E-state index in [0.717, 1.165) is 17.7 Å². The molecule has 194 valence electrons. The number of amides is 1. The highest BCUT2D eigenvalue weighted by Gasteiger charge is 2.31. The number of nitrogens with one attached hydrogen (secondary N) is 1. The monoisotopic (exact) mass is 521 g/mol. The van der Waals surface area contributed by atoms with Crippen molar-refractivity contribution in [3.63, 3.8) is 0 Å². The second-order valence-electron chi connectivity index (χ2n) is 8.40. The molecule has 0 aliphatic carbocycles. The zero-order valence-corrected chi connectivity index (χ0v) is 20.0. The number of benzene rings is 2. The highest BCUT2D eigenvalue weighted by Crippen LogP contribution is 2.33. The summed E-state index contributed by atoms with van der Waals surface area (Å²) in [5, 5.41) is 2.79. The molecule has 2 aromatic carbocycles. The number of hydrogen-bond acceptors (Lipinski definition) is 7. The van der Waals surface area contributed by atoms with Crippen LogP contribution in [0, 0.1) is 0 Å². The summed E-state index contributed by atoms with van der Waals surface area (Å²) in [7, 11) is 0. The molecule has 5 rings (SSSR count). The molecule has 0 atom stereocenters. The first-order valence-electron chi connectivity index (χ1n) is 11.7. The van der Waals surface area contributed by atoms with Crippen molar-refractivity contribution in [1.82, 2.24) is 20.3 Å². The summed E-state index contributed by atoms with van der Waals surface area (Å²) in [6.07, 6.45) is -0.908. The van der Waals surface area contributed by atoms with Gasteiger partial charge < -0.3 is 19.7 Å². The van der Waals surface area contributed by atoms with Crippen LogP contribution in [0.2, 0.25) is 0 Å². The van der Waals surface area contributed by atoms with Gasteiger partial charge >= 0.3 is 6.36 Å². The van der Waals surface area contributed by atoms with Gasteiger partial charge in [0.1, 0.15) is 17.9 Å². The van der Waals surface area contributed by atoms with Crippen LogP contribution in [0.3, 0.4) is 0 Å². The number of carbonyl (C=O) groups excluding carboxylic acids is 1. The molecule has 1 N–H and O–H groups in total. The summed E-state index contributed by atoms with van der Waals surface area (Å²) in [6, 6.07) is 18.6. The zero-order valence-electron chi connectivity index (χ0n) is 20.0. The van der Waals surface area contributed by atoms with Crippen LogP contribution in [0.1, 0.15) is 27.2 Å². The maximum atomic E-state index is 13.0. The Morgan fingerprint density at radius 1 is 1.00 bits per heavy atom. The molecule has 38 heavy (non-hydrogen) atoms. The minimum absolute atomic E-state index is 0.0418. The van der Waals surface area contributed by atoms with Gasteiger partial charge in [-0.15, -0.1) is 13.2 Å². The first kappa shape index (κ1) is 25.0. The minimum atomic E-state index is -4.78. The molecule has 2 aromatic heterocycles. The molecule has 1 aliphatic rings. The average Bonchev–Trinajstić information content (AvgIpc) is 3.35. The number of halogens is 3. The molecule has 0 spiro atoms. The summed E-state index contributed by atoms with van der Waals surface area (Å²) >= 11 is 0. The number of nitrogens with zero attached hydrogens (tertiary/aromatic N) is 4. The Morgan fingerprint density at radius 2 is 1.79 bits per heavy atom. The SMILES string of the molecule is O=C(NCc1ccccn1)c1cnc(N2CCc3ccccc32)nc1OCc1ccc(OC(F)(F)F)cc1. The minimum Gasteiger partial charge on any atom is -0.472 e. The second-order valence-corrected chi connectivity index (χ2v) is 8.40. The average molecular weight is 521 g/mol. The van der Waals surface area contributed by atoms with Crippen LogP contribution in [0.15, 0.2) is 79.1 Å². The summed E-state index contributed by atoms with van der Waals surface area (Å²) in [5.41, 5.74) is 3.50. The molecule has 11 heteroatoms. The molecule has 0 bridgehead atoms. The van der Waals surface area contributed by atoms with Crippen molar-refractivity contribution in [3.8, 4) is 11.6 Å². The highest BCUT2D eigenvalue weighted by atomic mass is 19.4. The number of carbonyl (C=O) groups is 1. The van der Waals surface area contributed by atoms with E-state index in [9.17, 15) is 18.0 Å². The Bertz CT molecular complexity index is 1420. The lowest BCUT2D eigenvalue weighted by Gasteiger charge is -2.19. The van der Waals surface area contributed by atoms with Gasteiger partial charge in [-0.05, 0) is 47.9 Å². The molecule has 0 saturated heterocycles. The van der Waals surface area contributed by atoms with Crippen LogP contribution in [0.25, 0.3) is 0 Å². The lowest BCUT2D eigenvalue weighted by Crippen LogP contribution is -2.25. The van der Waals surface area contributed by atoms with Crippen LogP contribution < -0.4 is 19.7 Å². The van der Waals surface area contributed by atoms with Gasteiger partial charge in [0.05, 0.1) is 12.2 Å². The molecule has 0 saturated carbocycles. The highest BCUT2D eigenvalue weighted by molar-refractivity contribution is 5.96. The van der Waals surface area contributed by atoms with Crippen LogP contribution in [-0.4, -0.2) is 33.8 Å². The van der Waals surface area contributed by atoms with E-state index < -0.39 is 12.3 Å². The topological polar surface area (TPSA) is 89.5 Å². The molecule has 3 heterocycles. The van der Waals surface area contributed by atoms with Crippen molar-refractivity contribution < 1.29 is 27.4 Å². The number of rotatable bonds is 8. The summed E-state index contributed by atoms with van der Waals surface area (Å²) in [4.78, 5) is 28.1. The van der Waals surface area contributed by atoms with Gasteiger partial charge in [0, 0.05) is 24.6 Å². The number of para-hydroxylation sites is 1. The van der Waals surface area contributed by atoms with Gasteiger partial charge in [-0.1, -0.05) is 36.4 Å². The third kappa shape index (κ3) is 6.00. The fourth-order valence-electron chi connectivity index (χ4n) is 4.01. The number of hydrogen-bond donors (Lipinski definition) is 1. The van der Waals surface area contributed by atoms with Crippen molar-refractivity contribution in [2.24, 2.45) is 0 Å². The molecule has 0 radical (unpaired) electrons. The van der Waals surface area contributed by atoms with Crippen LogP contribution in [0.5, 0.6) is 11.6 Å². The van der Waals surface area contributed by atoms with E-state index in [-0.39, 0.29) is 30.3 Å². The first-order chi connectivity index (χ1) is 18.4. The number of fused-ring (bicyclic) bond motifs is 1. The summed E-state index contributed by atoms with van der Waals surface area (Å²) in [6.45, 7) is 0.825.